The summed E-state index contributed by atoms with van der Waals surface area (Å²) >= 11 is 5.89. The van der Waals surface area contributed by atoms with Crippen molar-refractivity contribution in [2.75, 3.05) is 23.9 Å². The summed E-state index contributed by atoms with van der Waals surface area (Å²) < 4.78 is 5.21. The second-order valence-electron chi connectivity index (χ2n) is 6.99. The molecule has 0 saturated carbocycles. The van der Waals surface area contributed by atoms with E-state index < -0.39 is 0 Å². The molecule has 1 aliphatic rings. The molecule has 6 nitrogen and oxygen atoms in total. The molecule has 1 N–H and O–H groups in total. The Balaban J connectivity index is 1.59. The van der Waals surface area contributed by atoms with Crippen LogP contribution in [0.5, 0.6) is 5.75 Å². The second-order valence-corrected chi connectivity index (χ2v) is 7.42. The molecule has 31 heavy (non-hydrogen) atoms. The van der Waals surface area contributed by atoms with Crippen LogP contribution in [0.3, 0.4) is 0 Å². The van der Waals surface area contributed by atoms with Crippen LogP contribution in [0.15, 0.2) is 77.8 Å². The SMILES string of the molecule is COc1ccc(C2=Nc3ccccc3N(CC(=O)Nc3ccc(Cl)cc3)C(=O)C2)cc1. The average molecular weight is 434 g/mol. The van der Waals surface area contributed by atoms with Gasteiger partial charge in [0.05, 0.1) is 30.6 Å². The normalized spacial score (nSPS) is 13.2. The lowest BCUT2D eigenvalue weighted by molar-refractivity contribution is -0.120. The average Bonchev–Trinajstić information content (AvgIpc) is 2.92. The standard InChI is InChI=1S/C24H20ClN3O3/c1-31-19-12-6-16(7-13-19)21-14-24(30)28(22-5-3-2-4-20(22)27-21)15-23(29)26-18-10-8-17(25)9-11-18/h2-13H,14-15H2,1H3,(H,26,29). The number of hydrogen-bond acceptors (Lipinski definition) is 4. The molecule has 1 heterocycles. The third kappa shape index (κ3) is 4.75. The zero-order valence-corrected chi connectivity index (χ0v) is 17.6. The lowest BCUT2D eigenvalue weighted by Gasteiger charge is -2.22. The van der Waals surface area contributed by atoms with E-state index in [2.05, 4.69) is 5.32 Å². The molecule has 1 aliphatic heterocycles. The molecule has 0 spiro atoms. The van der Waals surface area contributed by atoms with Crippen molar-refractivity contribution in [1.82, 2.24) is 0 Å². The number of para-hydroxylation sites is 2. The predicted octanol–water partition coefficient (Wildman–Crippen LogP) is 4.84. The molecule has 0 unspecified atom stereocenters. The van der Waals surface area contributed by atoms with Crippen LogP contribution in [-0.4, -0.2) is 31.2 Å². The van der Waals surface area contributed by atoms with Gasteiger partial charge in [-0.25, -0.2) is 0 Å². The van der Waals surface area contributed by atoms with E-state index in [4.69, 9.17) is 21.3 Å². The first-order chi connectivity index (χ1) is 15.0. The van der Waals surface area contributed by atoms with Crippen LogP contribution in [0.4, 0.5) is 17.1 Å². The molecule has 0 radical (unpaired) electrons. The fourth-order valence-electron chi connectivity index (χ4n) is 3.35. The number of methoxy groups -OCH3 is 1. The Morgan fingerprint density at radius 3 is 2.48 bits per heavy atom. The number of nitrogens with zero attached hydrogens (tertiary/aromatic N) is 2. The minimum atomic E-state index is -0.307. The molecule has 0 aliphatic carbocycles. The maximum atomic E-state index is 13.1. The summed E-state index contributed by atoms with van der Waals surface area (Å²) in [4.78, 5) is 32.0. The van der Waals surface area contributed by atoms with Crippen molar-refractivity contribution < 1.29 is 14.3 Å². The number of anilines is 2. The highest BCUT2D eigenvalue weighted by Crippen LogP contribution is 2.33. The van der Waals surface area contributed by atoms with Gasteiger partial charge in [0.15, 0.2) is 0 Å². The van der Waals surface area contributed by atoms with Crippen molar-refractivity contribution in [2.45, 2.75) is 6.42 Å². The maximum absolute atomic E-state index is 13.1. The molecular weight excluding hydrogens is 414 g/mol. The number of nitrogens with one attached hydrogen (secondary N) is 1. The van der Waals surface area contributed by atoms with Crippen molar-refractivity contribution in [3.63, 3.8) is 0 Å². The van der Waals surface area contributed by atoms with Crippen molar-refractivity contribution in [1.29, 1.82) is 0 Å². The topological polar surface area (TPSA) is 71.0 Å². The minimum absolute atomic E-state index is 0.0786. The third-order valence-corrected chi connectivity index (χ3v) is 5.15. The summed E-state index contributed by atoms with van der Waals surface area (Å²) in [6.07, 6.45) is 0.0786. The van der Waals surface area contributed by atoms with Crippen LogP contribution < -0.4 is 15.0 Å². The number of hydrogen-bond donors (Lipinski definition) is 1. The smallest absolute Gasteiger partial charge is 0.244 e. The highest BCUT2D eigenvalue weighted by Gasteiger charge is 2.26. The van der Waals surface area contributed by atoms with Gasteiger partial charge >= 0.3 is 0 Å². The molecule has 0 atom stereocenters. The molecule has 156 valence electrons. The maximum Gasteiger partial charge on any atom is 0.244 e. The number of carbonyl (C=O) groups is 2. The number of rotatable bonds is 5. The third-order valence-electron chi connectivity index (χ3n) is 4.90. The number of fused-ring (bicyclic) bond motifs is 1. The summed E-state index contributed by atoms with van der Waals surface area (Å²) in [7, 11) is 1.60. The Bertz CT molecular complexity index is 1140. The van der Waals surface area contributed by atoms with E-state index in [1.807, 2.05) is 42.5 Å². The highest BCUT2D eigenvalue weighted by atomic mass is 35.5. The van der Waals surface area contributed by atoms with Gasteiger partial charge in [-0.3, -0.25) is 14.6 Å². The van der Waals surface area contributed by atoms with Gasteiger partial charge in [-0.15, -0.1) is 0 Å². The van der Waals surface area contributed by atoms with Gasteiger partial charge in [0.1, 0.15) is 12.3 Å². The van der Waals surface area contributed by atoms with E-state index in [1.165, 1.54) is 4.90 Å². The van der Waals surface area contributed by atoms with Crippen molar-refractivity contribution in [3.05, 3.63) is 83.4 Å². The fraction of sp³-hybridized carbons (Fsp3) is 0.125. The van der Waals surface area contributed by atoms with Crippen molar-refractivity contribution >= 4 is 46.2 Å². The number of benzene rings is 3. The monoisotopic (exact) mass is 433 g/mol. The van der Waals surface area contributed by atoms with Crippen molar-refractivity contribution in [3.8, 4) is 5.75 Å². The number of amides is 2. The van der Waals surface area contributed by atoms with E-state index in [0.717, 1.165) is 11.3 Å². The Hall–Kier alpha value is -3.64. The second kappa shape index (κ2) is 9.02. The summed E-state index contributed by atoms with van der Waals surface area (Å²) in [5, 5.41) is 3.38. The first-order valence-electron chi connectivity index (χ1n) is 9.70. The quantitative estimate of drug-likeness (QED) is 0.625. The Kier molecular flexibility index (Phi) is 6.00. The van der Waals surface area contributed by atoms with Crippen LogP contribution in [-0.2, 0) is 9.59 Å². The van der Waals surface area contributed by atoms with E-state index in [1.54, 1.807) is 37.4 Å². The summed E-state index contributed by atoms with van der Waals surface area (Å²) in [5.41, 5.74) is 3.32. The van der Waals surface area contributed by atoms with E-state index in [-0.39, 0.29) is 24.8 Å². The minimum Gasteiger partial charge on any atom is -0.497 e. The van der Waals surface area contributed by atoms with Crippen LogP contribution in [0.25, 0.3) is 0 Å². The summed E-state index contributed by atoms with van der Waals surface area (Å²) in [5.74, 6) is 0.217. The molecular formula is C24H20ClN3O3. The first-order valence-corrected chi connectivity index (χ1v) is 10.1. The number of carbonyl (C=O) groups excluding carboxylic acids is 2. The first kappa shape index (κ1) is 20.6. The molecule has 3 aromatic carbocycles. The lowest BCUT2D eigenvalue weighted by atomic mass is 10.1. The zero-order valence-electron chi connectivity index (χ0n) is 16.8. The number of halogens is 1. The molecule has 0 fully saturated rings. The predicted molar refractivity (Wildman–Crippen MR) is 123 cm³/mol. The van der Waals surface area contributed by atoms with Gasteiger partial charge in [0.2, 0.25) is 11.8 Å². The van der Waals surface area contributed by atoms with Crippen LogP contribution in [0.2, 0.25) is 5.02 Å². The Labute approximate surface area is 185 Å². The van der Waals surface area contributed by atoms with Gasteiger partial charge in [0, 0.05) is 10.7 Å². The number of ether oxygens (including phenoxy) is 1. The molecule has 7 heteroatoms. The zero-order chi connectivity index (χ0) is 21.8. The molecule has 0 saturated heterocycles. The van der Waals surface area contributed by atoms with Crippen molar-refractivity contribution in [2.24, 2.45) is 4.99 Å². The van der Waals surface area contributed by atoms with Crippen LogP contribution in [0.1, 0.15) is 12.0 Å². The number of aliphatic imine (C=N–C) groups is 1. The van der Waals surface area contributed by atoms with E-state index >= 15 is 0 Å². The Morgan fingerprint density at radius 2 is 1.77 bits per heavy atom. The van der Waals surface area contributed by atoms with Gasteiger partial charge < -0.3 is 15.0 Å². The molecule has 2 amide bonds. The van der Waals surface area contributed by atoms with Gasteiger partial charge in [0.25, 0.3) is 0 Å². The Morgan fingerprint density at radius 1 is 1.06 bits per heavy atom. The van der Waals surface area contributed by atoms with Crippen LogP contribution >= 0.6 is 11.6 Å². The molecule has 0 bridgehead atoms. The van der Waals surface area contributed by atoms with Crippen LogP contribution in [0, 0.1) is 0 Å². The summed E-state index contributed by atoms with van der Waals surface area (Å²) in [6, 6.07) is 21.5. The molecule has 0 aromatic heterocycles. The summed E-state index contributed by atoms with van der Waals surface area (Å²) in [6.45, 7) is -0.121. The molecule has 4 rings (SSSR count). The molecule has 3 aromatic rings. The fourth-order valence-corrected chi connectivity index (χ4v) is 3.47. The largest absolute Gasteiger partial charge is 0.497 e. The van der Waals surface area contributed by atoms with Gasteiger partial charge in [-0.2, -0.15) is 0 Å². The van der Waals surface area contributed by atoms with E-state index in [9.17, 15) is 9.59 Å². The highest BCUT2D eigenvalue weighted by molar-refractivity contribution is 6.30. The lowest BCUT2D eigenvalue weighted by Crippen LogP contribution is -2.38. The van der Waals surface area contributed by atoms with Gasteiger partial charge in [-0.1, -0.05) is 23.7 Å². The van der Waals surface area contributed by atoms with Gasteiger partial charge in [-0.05, 0) is 66.2 Å². The van der Waals surface area contributed by atoms with E-state index in [0.29, 0.717) is 27.8 Å².